The molecule has 4 nitrogen and oxygen atoms in total. The Labute approximate surface area is 180 Å². The average Bonchev–Trinajstić information content (AvgIpc) is 3.17. The Hall–Kier alpha value is -3.18. The van der Waals surface area contributed by atoms with Crippen LogP contribution >= 0.6 is 11.3 Å². The van der Waals surface area contributed by atoms with Gasteiger partial charge in [-0.1, -0.05) is 31.5 Å². The third kappa shape index (κ3) is 4.86. The molecule has 4 rings (SSSR count). The second kappa shape index (κ2) is 9.09. The van der Waals surface area contributed by atoms with Crippen LogP contribution in [0.25, 0.3) is 20.8 Å². The molecule has 0 fully saturated rings. The fraction of sp³-hybridized carbons (Fsp3) is 0.200. The first kappa shape index (κ1) is 20.1. The van der Waals surface area contributed by atoms with Crippen LogP contribution < -0.4 is 10.1 Å². The molecule has 1 heterocycles. The largest absolute Gasteiger partial charge is 0.484 e. The molecule has 3 aromatic carbocycles. The van der Waals surface area contributed by atoms with E-state index in [4.69, 9.17) is 9.72 Å². The van der Waals surface area contributed by atoms with E-state index in [9.17, 15) is 4.79 Å². The molecular weight excluding hydrogens is 392 g/mol. The minimum Gasteiger partial charge on any atom is -0.484 e. The Morgan fingerprint density at radius 2 is 1.80 bits per heavy atom. The number of hydrogen-bond donors (Lipinski definition) is 1. The number of carbonyl (C=O) groups is 1. The number of ether oxygens (including phenoxy) is 1. The van der Waals surface area contributed by atoms with Gasteiger partial charge < -0.3 is 10.1 Å². The smallest absolute Gasteiger partial charge is 0.262 e. The Balaban J connectivity index is 1.35. The van der Waals surface area contributed by atoms with Gasteiger partial charge in [0.25, 0.3) is 5.91 Å². The van der Waals surface area contributed by atoms with E-state index >= 15 is 0 Å². The van der Waals surface area contributed by atoms with Crippen LogP contribution in [0.15, 0.2) is 66.7 Å². The monoisotopic (exact) mass is 416 g/mol. The van der Waals surface area contributed by atoms with Gasteiger partial charge >= 0.3 is 0 Å². The van der Waals surface area contributed by atoms with Crippen LogP contribution in [0.4, 0.5) is 5.69 Å². The fourth-order valence-corrected chi connectivity index (χ4v) is 4.31. The first-order valence-corrected chi connectivity index (χ1v) is 10.9. The quantitative estimate of drug-likeness (QED) is 0.388. The van der Waals surface area contributed by atoms with Crippen LogP contribution in [0.5, 0.6) is 5.75 Å². The Kier molecular flexibility index (Phi) is 6.10. The SMILES string of the molecule is CCCc1ccc(OCC(=O)Nc2ccc(-c3nc4ccc(C)cc4s3)cc2)cc1. The molecule has 0 unspecified atom stereocenters. The number of anilines is 1. The lowest BCUT2D eigenvalue weighted by Gasteiger charge is -2.08. The molecule has 0 spiro atoms. The van der Waals surface area contributed by atoms with Gasteiger partial charge in [-0.05, 0) is 73.0 Å². The summed E-state index contributed by atoms with van der Waals surface area (Å²) in [4.78, 5) is 16.9. The Bertz CT molecular complexity index is 1150. The molecule has 0 aliphatic heterocycles. The number of nitrogens with one attached hydrogen (secondary N) is 1. The van der Waals surface area contributed by atoms with Gasteiger partial charge in [0.1, 0.15) is 10.8 Å². The highest BCUT2D eigenvalue weighted by molar-refractivity contribution is 7.21. The normalized spacial score (nSPS) is 10.9. The molecule has 0 atom stereocenters. The van der Waals surface area contributed by atoms with Gasteiger partial charge in [-0.2, -0.15) is 0 Å². The van der Waals surface area contributed by atoms with Gasteiger partial charge in [0.2, 0.25) is 0 Å². The predicted octanol–water partition coefficient (Wildman–Crippen LogP) is 6.24. The maximum absolute atomic E-state index is 12.2. The Morgan fingerprint density at radius 1 is 1.03 bits per heavy atom. The average molecular weight is 417 g/mol. The van der Waals surface area contributed by atoms with Crippen molar-refractivity contribution in [3.63, 3.8) is 0 Å². The first-order valence-electron chi connectivity index (χ1n) is 10.1. The van der Waals surface area contributed by atoms with Gasteiger partial charge in [-0.15, -0.1) is 11.3 Å². The Morgan fingerprint density at radius 3 is 2.53 bits per heavy atom. The van der Waals surface area contributed by atoms with Crippen LogP contribution in [0.1, 0.15) is 24.5 Å². The van der Waals surface area contributed by atoms with E-state index in [1.807, 2.05) is 48.5 Å². The van der Waals surface area contributed by atoms with Crippen LogP contribution in [0, 0.1) is 6.92 Å². The number of fused-ring (bicyclic) bond motifs is 1. The number of carbonyl (C=O) groups excluding carboxylic acids is 1. The van der Waals surface area contributed by atoms with E-state index in [1.165, 1.54) is 15.8 Å². The summed E-state index contributed by atoms with van der Waals surface area (Å²) in [6, 6.07) is 21.9. The van der Waals surface area contributed by atoms with Gasteiger partial charge in [-0.3, -0.25) is 4.79 Å². The molecule has 0 saturated heterocycles. The van der Waals surface area contributed by atoms with Crippen molar-refractivity contribution in [1.82, 2.24) is 4.98 Å². The molecule has 0 bridgehead atoms. The second-order valence-electron chi connectivity index (χ2n) is 7.30. The zero-order valence-electron chi connectivity index (χ0n) is 17.1. The van der Waals surface area contributed by atoms with Gasteiger partial charge in [0, 0.05) is 11.3 Å². The third-order valence-corrected chi connectivity index (χ3v) is 5.86. The molecule has 1 N–H and O–H groups in total. The molecule has 0 aliphatic carbocycles. The minimum absolute atomic E-state index is 0.0217. The molecule has 5 heteroatoms. The molecule has 4 aromatic rings. The van der Waals surface area contributed by atoms with Gasteiger partial charge in [-0.25, -0.2) is 4.98 Å². The number of aromatic nitrogens is 1. The van der Waals surface area contributed by atoms with E-state index in [0.29, 0.717) is 5.75 Å². The number of hydrogen-bond acceptors (Lipinski definition) is 4. The summed E-state index contributed by atoms with van der Waals surface area (Å²) in [5.41, 5.74) is 5.29. The number of amides is 1. The molecule has 0 radical (unpaired) electrons. The maximum Gasteiger partial charge on any atom is 0.262 e. The van der Waals surface area contributed by atoms with Crippen molar-refractivity contribution in [2.24, 2.45) is 0 Å². The molecule has 30 heavy (non-hydrogen) atoms. The summed E-state index contributed by atoms with van der Waals surface area (Å²) in [6.45, 7) is 4.22. The van der Waals surface area contributed by atoms with Crippen LogP contribution in [0.2, 0.25) is 0 Å². The van der Waals surface area contributed by atoms with Crippen molar-refractivity contribution in [1.29, 1.82) is 0 Å². The summed E-state index contributed by atoms with van der Waals surface area (Å²) in [7, 11) is 0. The molecular formula is C25H24N2O2S. The first-order chi connectivity index (χ1) is 14.6. The molecule has 152 valence electrons. The van der Waals surface area contributed by atoms with Crippen molar-refractivity contribution >= 4 is 33.1 Å². The predicted molar refractivity (Wildman–Crippen MR) is 124 cm³/mol. The molecule has 0 aliphatic rings. The van der Waals surface area contributed by atoms with Gasteiger partial charge in [0.15, 0.2) is 6.61 Å². The van der Waals surface area contributed by atoms with Crippen LogP contribution in [-0.2, 0) is 11.2 Å². The lowest BCUT2D eigenvalue weighted by Crippen LogP contribution is -2.20. The van der Waals surface area contributed by atoms with Crippen molar-refractivity contribution in [3.8, 4) is 16.3 Å². The third-order valence-electron chi connectivity index (χ3n) is 4.79. The zero-order valence-corrected chi connectivity index (χ0v) is 18.0. The highest BCUT2D eigenvalue weighted by atomic mass is 32.1. The molecule has 1 aromatic heterocycles. The van der Waals surface area contributed by atoms with Gasteiger partial charge in [0.05, 0.1) is 10.2 Å². The zero-order chi connectivity index (χ0) is 20.9. The van der Waals surface area contributed by atoms with E-state index in [2.05, 4.69) is 37.4 Å². The summed E-state index contributed by atoms with van der Waals surface area (Å²) < 4.78 is 6.77. The number of rotatable bonds is 7. The molecule has 0 saturated carbocycles. The topological polar surface area (TPSA) is 51.2 Å². The van der Waals surface area contributed by atoms with Crippen molar-refractivity contribution in [2.75, 3.05) is 11.9 Å². The number of nitrogens with zero attached hydrogens (tertiary/aromatic N) is 1. The molecule has 1 amide bonds. The number of benzene rings is 3. The maximum atomic E-state index is 12.2. The number of aryl methyl sites for hydroxylation is 2. The lowest BCUT2D eigenvalue weighted by atomic mass is 10.1. The minimum atomic E-state index is -0.184. The van der Waals surface area contributed by atoms with E-state index in [-0.39, 0.29) is 12.5 Å². The van der Waals surface area contributed by atoms with E-state index in [0.717, 1.165) is 34.6 Å². The van der Waals surface area contributed by atoms with Crippen LogP contribution in [0.3, 0.4) is 0 Å². The summed E-state index contributed by atoms with van der Waals surface area (Å²) in [5, 5.41) is 3.85. The summed E-state index contributed by atoms with van der Waals surface area (Å²) >= 11 is 1.68. The van der Waals surface area contributed by atoms with Crippen molar-refractivity contribution in [3.05, 3.63) is 77.9 Å². The lowest BCUT2D eigenvalue weighted by molar-refractivity contribution is -0.118. The van der Waals surface area contributed by atoms with E-state index in [1.54, 1.807) is 11.3 Å². The summed E-state index contributed by atoms with van der Waals surface area (Å²) in [5.74, 6) is 0.516. The van der Waals surface area contributed by atoms with E-state index < -0.39 is 0 Å². The summed E-state index contributed by atoms with van der Waals surface area (Å²) in [6.07, 6.45) is 2.16. The number of thiazole rings is 1. The fourth-order valence-electron chi connectivity index (χ4n) is 3.24. The standard InChI is InChI=1S/C25H24N2O2S/c1-3-4-18-6-12-21(13-7-18)29-16-24(28)26-20-10-8-19(9-11-20)25-27-22-14-5-17(2)15-23(22)30-25/h5-15H,3-4,16H2,1-2H3,(H,26,28). The van der Waals surface area contributed by atoms with Crippen molar-refractivity contribution < 1.29 is 9.53 Å². The van der Waals surface area contributed by atoms with Crippen LogP contribution in [-0.4, -0.2) is 17.5 Å². The second-order valence-corrected chi connectivity index (χ2v) is 8.33. The van der Waals surface area contributed by atoms with Crippen molar-refractivity contribution in [2.45, 2.75) is 26.7 Å². The highest BCUT2D eigenvalue weighted by Crippen LogP contribution is 2.31. The highest BCUT2D eigenvalue weighted by Gasteiger charge is 2.08.